The van der Waals surface area contributed by atoms with Gasteiger partial charge in [-0.05, 0) is 37.6 Å². The molecule has 5 heteroatoms. The molecule has 5 nitrogen and oxygen atoms in total. The maximum absolute atomic E-state index is 11.8. The Bertz CT molecular complexity index is 803. The first-order valence-electron chi connectivity index (χ1n) is 7.68. The van der Waals surface area contributed by atoms with Crippen LogP contribution in [0.25, 0.3) is 22.0 Å². The Kier molecular flexibility index (Phi) is 4.48. The molecule has 0 saturated carbocycles. The molecule has 0 spiro atoms. The van der Waals surface area contributed by atoms with Crippen molar-refractivity contribution < 1.29 is 13.9 Å². The zero-order valence-electron chi connectivity index (χ0n) is 13.1. The van der Waals surface area contributed by atoms with Crippen LogP contribution in [0.5, 0.6) is 0 Å². The van der Waals surface area contributed by atoms with Crippen LogP contribution in [0.1, 0.15) is 23.2 Å². The molecule has 120 valence electrons. The molecule has 0 aliphatic heterocycles. The average molecular weight is 312 g/mol. The van der Waals surface area contributed by atoms with Gasteiger partial charge in [-0.1, -0.05) is 6.07 Å². The second kappa shape index (κ2) is 6.71. The highest BCUT2D eigenvalue weighted by Gasteiger charge is 2.14. The van der Waals surface area contributed by atoms with Crippen molar-refractivity contribution in [2.24, 2.45) is 5.73 Å². The van der Waals surface area contributed by atoms with Crippen LogP contribution in [-0.2, 0) is 11.3 Å². The zero-order valence-corrected chi connectivity index (χ0v) is 13.1. The van der Waals surface area contributed by atoms with Gasteiger partial charge in [0.2, 0.25) is 0 Å². The molecule has 0 fully saturated rings. The van der Waals surface area contributed by atoms with E-state index in [9.17, 15) is 4.79 Å². The Morgan fingerprint density at radius 2 is 2.17 bits per heavy atom. The monoisotopic (exact) mass is 312 g/mol. The van der Waals surface area contributed by atoms with Crippen LogP contribution in [-0.4, -0.2) is 24.2 Å². The van der Waals surface area contributed by atoms with Crippen LogP contribution in [0.2, 0.25) is 0 Å². The number of nitrogens with two attached hydrogens (primary N) is 1. The summed E-state index contributed by atoms with van der Waals surface area (Å²) < 4.78 is 12.2. The summed E-state index contributed by atoms with van der Waals surface area (Å²) >= 11 is 0. The number of furan rings is 1. The standard InChI is InChI=1S/C18H20N2O3/c1-22-18(21)13-4-5-15-16(14-6-9-23-12-14)11-20(17(15)10-13)8-3-2-7-19/h4-6,9-12H,2-3,7-8,19H2,1H3. The number of aromatic nitrogens is 1. The van der Waals surface area contributed by atoms with E-state index in [1.54, 1.807) is 18.6 Å². The number of carbonyl (C=O) groups excluding carboxylic acids is 1. The third-order valence-corrected chi connectivity index (χ3v) is 3.99. The first kappa shape index (κ1) is 15.4. The highest BCUT2D eigenvalue weighted by molar-refractivity contribution is 6.00. The molecule has 2 heterocycles. The summed E-state index contributed by atoms with van der Waals surface area (Å²) in [5.74, 6) is -0.327. The van der Waals surface area contributed by atoms with E-state index in [0.717, 1.165) is 41.4 Å². The van der Waals surface area contributed by atoms with Gasteiger partial charge >= 0.3 is 5.97 Å². The summed E-state index contributed by atoms with van der Waals surface area (Å²) in [5, 5.41) is 1.09. The highest BCUT2D eigenvalue weighted by Crippen LogP contribution is 2.32. The molecular weight excluding hydrogens is 292 g/mol. The number of rotatable bonds is 6. The summed E-state index contributed by atoms with van der Waals surface area (Å²) in [4.78, 5) is 11.8. The molecule has 1 aromatic carbocycles. The smallest absolute Gasteiger partial charge is 0.337 e. The van der Waals surface area contributed by atoms with E-state index in [0.29, 0.717) is 12.1 Å². The molecule has 23 heavy (non-hydrogen) atoms. The van der Waals surface area contributed by atoms with Gasteiger partial charge in [-0.15, -0.1) is 0 Å². The van der Waals surface area contributed by atoms with Gasteiger partial charge in [0.25, 0.3) is 0 Å². The molecule has 0 atom stereocenters. The summed E-state index contributed by atoms with van der Waals surface area (Å²) in [6, 6.07) is 7.58. The van der Waals surface area contributed by atoms with Crippen molar-refractivity contribution in [3.05, 3.63) is 48.6 Å². The van der Waals surface area contributed by atoms with Crippen LogP contribution in [0, 0.1) is 0 Å². The quantitative estimate of drug-likeness (QED) is 0.559. The first-order chi connectivity index (χ1) is 11.2. The fourth-order valence-corrected chi connectivity index (χ4v) is 2.80. The first-order valence-corrected chi connectivity index (χ1v) is 7.68. The number of methoxy groups -OCH3 is 1. The van der Waals surface area contributed by atoms with Crippen LogP contribution in [0.3, 0.4) is 0 Å². The number of carbonyl (C=O) groups is 1. The molecule has 0 saturated heterocycles. The molecule has 0 aliphatic carbocycles. The van der Waals surface area contributed by atoms with Crippen LogP contribution < -0.4 is 5.73 Å². The molecule has 0 bridgehead atoms. The van der Waals surface area contributed by atoms with Crippen molar-refractivity contribution in [3.63, 3.8) is 0 Å². The minimum Gasteiger partial charge on any atom is -0.472 e. The Hall–Kier alpha value is -2.53. The van der Waals surface area contributed by atoms with Crippen LogP contribution in [0.4, 0.5) is 0 Å². The van der Waals surface area contributed by atoms with Gasteiger partial charge in [0, 0.05) is 34.8 Å². The third kappa shape index (κ3) is 3.00. The second-order valence-corrected chi connectivity index (χ2v) is 5.47. The van der Waals surface area contributed by atoms with Crippen molar-refractivity contribution in [2.75, 3.05) is 13.7 Å². The van der Waals surface area contributed by atoms with Gasteiger partial charge in [0.1, 0.15) is 0 Å². The lowest BCUT2D eigenvalue weighted by molar-refractivity contribution is 0.0601. The lowest BCUT2D eigenvalue weighted by atomic mass is 10.1. The van der Waals surface area contributed by atoms with Crippen molar-refractivity contribution in [1.82, 2.24) is 4.57 Å². The van der Waals surface area contributed by atoms with Crippen molar-refractivity contribution in [1.29, 1.82) is 0 Å². The summed E-state index contributed by atoms with van der Waals surface area (Å²) in [6.07, 6.45) is 7.46. The number of aryl methyl sites for hydroxylation is 1. The Morgan fingerprint density at radius 1 is 1.30 bits per heavy atom. The zero-order chi connectivity index (χ0) is 16.2. The van der Waals surface area contributed by atoms with Crippen molar-refractivity contribution >= 4 is 16.9 Å². The molecule has 3 rings (SSSR count). The van der Waals surface area contributed by atoms with Crippen LogP contribution >= 0.6 is 0 Å². The fraction of sp³-hybridized carbons (Fsp3) is 0.278. The molecule has 0 aliphatic rings. The molecule has 0 amide bonds. The Labute approximate surface area is 134 Å². The predicted octanol–water partition coefficient (Wildman–Crippen LogP) is 3.43. The number of nitrogens with zero attached hydrogens (tertiary/aromatic N) is 1. The van der Waals surface area contributed by atoms with E-state index in [-0.39, 0.29) is 5.97 Å². The van der Waals surface area contributed by atoms with Gasteiger partial charge in [0.05, 0.1) is 25.2 Å². The normalized spacial score (nSPS) is 11.0. The van der Waals surface area contributed by atoms with Gasteiger partial charge in [-0.25, -0.2) is 4.79 Å². The maximum atomic E-state index is 11.8. The minimum absolute atomic E-state index is 0.327. The van der Waals surface area contributed by atoms with E-state index < -0.39 is 0 Å². The minimum atomic E-state index is -0.327. The Balaban J connectivity index is 2.09. The lowest BCUT2D eigenvalue weighted by Crippen LogP contribution is -2.04. The van der Waals surface area contributed by atoms with E-state index in [4.69, 9.17) is 14.9 Å². The lowest BCUT2D eigenvalue weighted by Gasteiger charge is -2.06. The van der Waals surface area contributed by atoms with Crippen LogP contribution in [0.15, 0.2) is 47.4 Å². The summed E-state index contributed by atoms with van der Waals surface area (Å²) in [7, 11) is 1.39. The van der Waals surface area contributed by atoms with Gasteiger partial charge in [-0.2, -0.15) is 0 Å². The third-order valence-electron chi connectivity index (χ3n) is 3.99. The summed E-state index contributed by atoms with van der Waals surface area (Å²) in [5.41, 5.74) is 9.28. The highest BCUT2D eigenvalue weighted by atomic mass is 16.5. The van der Waals surface area contributed by atoms with E-state index >= 15 is 0 Å². The summed E-state index contributed by atoms with van der Waals surface area (Å²) in [6.45, 7) is 1.54. The molecule has 0 radical (unpaired) electrons. The van der Waals surface area contributed by atoms with Gasteiger partial charge < -0.3 is 19.5 Å². The molecule has 0 unspecified atom stereocenters. The Morgan fingerprint density at radius 3 is 2.87 bits per heavy atom. The number of fused-ring (bicyclic) bond motifs is 1. The number of hydrogen-bond donors (Lipinski definition) is 1. The second-order valence-electron chi connectivity index (χ2n) is 5.47. The number of benzene rings is 1. The topological polar surface area (TPSA) is 70.4 Å². The largest absolute Gasteiger partial charge is 0.472 e. The molecule has 2 N–H and O–H groups in total. The van der Waals surface area contributed by atoms with Crippen molar-refractivity contribution in [2.45, 2.75) is 19.4 Å². The number of hydrogen-bond acceptors (Lipinski definition) is 4. The fourth-order valence-electron chi connectivity index (χ4n) is 2.80. The number of unbranched alkanes of at least 4 members (excludes halogenated alkanes) is 1. The number of esters is 1. The number of ether oxygens (including phenoxy) is 1. The van der Waals surface area contributed by atoms with Gasteiger partial charge in [0.15, 0.2) is 0 Å². The SMILES string of the molecule is COC(=O)c1ccc2c(-c3ccoc3)cn(CCCCN)c2c1. The molecular formula is C18H20N2O3. The van der Waals surface area contributed by atoms with Crippen molar-refractivity contribution in [3.8, 4) is 11.1 Å². The molecule has 3 aromatic rings. The maximum Gasteiger partial charge on any atom is 0.337 e. The van der Waals surface area contributed by atoms with E-state index in [1.165, 1.54) is 7.11 Å². The molecule has 2 aromatic heterocycles. The van der Waals surface area contributed by atoms with Gasteiger partial charge in [-0.3, -0.25) is 0 Å². The average Bonchev–Trinajstić information content (AvgIpc) is 3.22. The van der Waals surface area contributed by atoms with E-state index in [2.05, 4.69) is 10.8 Å². The predicted molar refractivity (Wildman–Crippen MR) is 89.3 cm³/mol. The van der Waals surface area contributed by atoms with E-state index in [1.807, 2.05) is 18.2 Å².